The van der Waals surface area contributed by atoms with E-state index in [1.807, 2.05) is 0 Å². The molecule has 0 atom stereocenters. The Kier molecular flexibility index (Phi) is 5.96. The van der Waals surface area contributed by atoms with Gasteiger partial charge in [-0.05, 0) is 36.4 Å². The highest BCUT2D eigenvalue weighted by atomic mass is 19.1. The smallest absolute Gasteiger partial charge is 0.274 e. The van der Waals surface area contributed by atoms with Crippen molar-refractivity contribution in [3.8, 4) is 0 Å². The molecule has 0 aliphatic heterocycles. The van der Waals surface area contributed by atoms with E-state index in [2.05, 4.69) is 20.9 Å². The molecule has 3 N–H and O–H groups in total. The predicted octanol–water partition coefficient (Wildman–Crippen LogP) is 4.04. The number of nitrogens with one attached hydrogen (secondary N) is 3. The normalized spacial score (nSPS) is 10.2. The number of benzene rings is 2. The summed E-state index contributed by atoms with van der Waals surface area (Å²) in [5.74, 6) is -0.880. The van der Waals surface area contributed by atoms with Crippen molar-refractivity contribution in [1.29, 1.82) is 0 Å². The molecule has 7 heteroatoms. The molecule has 1 heterocycles. The van der Waals surface area contributed by atoms with E-state index in [0.29, 0.717) is 22.6 Å². The summed E-state index contributed by atoms with van der Waals surface area (Å²) in [6.45, 7) is 1.70. The highest BCUT2D eigenvalue weighted by Gasteiger charge is 2.10. The maximum absolute atomic E-state index is 13.7. The van der Waals surface area contributed by atoms with Crippen LogP contribution in [-0.2, 0) is 11.3 Å². The first-order valence-corrected chi connectivity index (χ1v) is 8.63. The van der Waals surface area contributed by atoms with Gasteiger partial charge in [0.05, 0.1) is 0 Å². The van der Waals surface area contributed by atoms with Crippen LogP contribution in [0.15, 0.2) is 66.9 Å². The lowest BCUT2D eigenvalue weighted by molar-refractivity contribution is -0.114. The van der Waals surface area contributed by atoms with E-state index >= 15 is 0 Å². The fourth-order valence-corrected chi connectivity index (χ4v) is 2.58. The Morgan fingerprint density at radius 2 is 1.68 bits per heavy atom. The Morgan fingerprint density at radius 3 is 2.43 bits per heavy atom. The molecule has 0 saturated carbocycles. The lowest BCUT2D eigenvalue weighted by atomic mass is 10.2. The van der Waals surface area contributed by atoms with Gasteiger partial charge in [0.1, 0.15) is 11.5 Å². The molecule has 0 aliphatic carbocycles. The number of amides is 2. The molecule has 28 heavy (non-hydrogen) atoms. The van der Waals surface area contributed by atoms with Crippen LogP contribution in [-0.4, -0.2) is 16.8 Å². The molecule has 6 nitrogen and oxygen atoms in total. The van der Waals surface area contributed by atoms with Crippen LogP contribution in [0, 0.1) is 5.82 Å². The lowest BCUT2D eigenvalue weighted by Gasteiger charge is -2.10. The van der Waals surface area contributed by atoms with Crippen molar-refractivity contribution in [2.45, 2.75) is 13.5 Å². The number of rotatable bonds is 6. The number of anilines is 3. The summed E-state index contributed by atoms with van der Waals surface area (Å²) < 4.78 is 13.7. The van der Waals surface area contributed by atoms with Crippen molar-refractivity contribution >= 4 is 28.9 Å². The van der Waals surface area contributed by atoms with Crippen LogP contribution in [0.1, 0.15) is 23.0 Å². The summed E-state index contributed by atoms with van der Waals surface area (Å²) in [7, 11) is 0. The Hall–Kier alpha value is -3.74. The van der Waals surface area contributed by atoms with Gasteiger partial charge in [-0.1, -0.05) is 24.3 Å². The molecular formula is C21H19FN4O2. The first kappa shape index (κ1) is 19.0. The largest absolute Gasteiger partial charge is 0.381 e. The summed E-state index contributed by atoms with van der Waals surface area (Å²) in [5, 5.41) is 8.48. The molecule has 2 amide bonds. The minimum Gasteiger partial charge on any atom is -0.381 e. The number of hydrogen-bond acceptors (Lipinski definition) is 4. The second kappa shape index (κ2) is 8.77. The van der Waals surface area contributed by atoms with E-state index in [9.17, 15) is 14.0 Å². The van der Waals surface area contributed by atoms with Gasteiger partial charge < -0.3 is 16.0 Å². The fraction of sp³-hybridized carbons (Fsp3) is 0.0952. The molecule has 0 saturated heterocycles. The SMILES string of the molecule is CC(=O)Nc1cccc(NC(=O)c2cc(NCc3ccccc3F)ccn2)c1. The monoisotopic (exact) mass is 378 g/mol. The molecule has 1 aromatic heterocycles. The first-order valence-electron chi connectivity index (χ1n) is 8.63. The summed E-state index contributed by atoms with van der Waals surface area (Å²) in [5.41, 5.74) is 2.50. The van der Waals surface area contributed by atoms with Gasteiger partial charge in [-0.25, -0.2) is 4.39 Å². The molecule has 0 spiro atoms. The summed E-state index contributed by atoms with van der Waals surface area (Å²) >= 11 is 0. The van der Waals surface area contributed by atoms with Crippen LogP contribution in [0.4, 0.5) is 21.5 Å². The van der Waals surface area contributed by atoms with Crippen molar-refractivity contribution in [1.82, 2.24) is 4.98 Å². The molecule has 0 radical (unpaired) electrons. The standard InChI is InChI=1S/C21H19FN4O2/c1-14(27)25-17-6-4-7-18(11-17)26-21(28)20-12-16(9-10-23-20)24-13-15-5-2-3-8-19(15)22/h2-12H,13H2,1H3,(H,23,24)(H,25,27)(H,26,28). The number of halogens is 1. The minimum absolute atomic E-state index is 0.196. The fourth-order valence-electron chi connectivity index (χ4n) is 2.58. The number of hydrogen-bond donors (Lipinski definition) is 3. The third kappa shape index (κ3) is 5.14. The van der Waals surface area contributed by atoms with Gasteiger partial charge in [-0.15, -0.1) is 0 Å². The maximum Gasteiger partial charge on any atom is 0.274 e. The molecular weight excluding hydrogens is 359 g/mol. The molecule has 2 aromatic carbocycles. The maximum atomic E-state index is 13.7. The average molecular weight is 378 g/mol. The highest BCUT2D eigenvalue weighted by Crippen LogP contribution is 2.17. The Balaban J connectivity index is 1.67. The molecule has 142 valence electrons. The lowest BCUT2D eigenvalue weighted by Crippen LogP contribution is -2.14. The van der Waals surface area contributed by atoms with E-state index in [1.165, 1.54) is 19.2 Å². The van der Waals surface area contributed by atoms with E-state index in [1.54, 1.807) is 54.6 Å². The van der Waals surface area contributed by atoms with Gasteiger partial charge in [0, 0.05) is 42.3 Å². The molecule has 0 fully saturated rings. The number of aromatic nitrogens is 1. The number of carbonyl (C=O) groups is 2. The van der Waals surface area contributed by atoms with Gasteiger partial charge >= 0.3 is 0 Å². The number of carbonyl (C=O) groups excluding carboxylic acids is 2. The topological polar surface area (TPSA) is 83.1 Å². The summed E-state index contributed by atoms with van der Waals surface area (Å²) in [6, 6.07) is 16.6. The van der Waals surface area contributed by atoms with Crippen LogP contribution < -0.4 is 16.0 Å². The molecule has 0 aliphatic rings. The van der Waals surface area contributed by atoms with Gasteiger partial charge in [0.15, 0.2) is 0 Å². The highest BCUT2D eigenvalue weighted by molar-refractivity contribution is 6.03. The molecule has 0 bridgehead atoms. The Labute approximate surface area is 161 Å². The quantitative estimate of drug-likeness (QED) is 0.604. The van der Waals surface area contributed by atoms with Crippen LogP contribution in [0.3, 0.4) is 0 Å². The third-order valence-corrected chi connectivity index (χ3v) is 3.87. The number of pyridine rings is 1. The van der Waals surface area contributed by atoms with Gasteiger partial charge in [0.2, 0.25) is 5.91 Å². The van der Waals surface area contributed by atoms with E-state index < -0.39 is 5.91 Å². The van der Waals surface area contributed by atoms with Crippen LogP contribution in [0.2, 0.25) is 0 Å². The van der Waals surface area contributed by atoms with E-state index in [4.69, 9.17) is 0 Å². The minimum atomic E-state index is -0.394. The zero-order valence-corrected chi connectivity index (χ0v) is 15.2. The molecule has 0 unspecified atom stereocenters. The van der Waals surface area contributed by atoms with Gasteiger partial charge in [0.25, 0.3) is 5.91 Å². The van der Waals surface area contributed by atoms with Crippen LogP contribution >= 0.6 is 0 Å². The van der Waals surface area contributed by atoms with Crippen molar-refractivity contribution < 1.29 is 14.0 Å². The second-order valence-electron chi connectivity index (χ2n) is 6.09. The first-order chi connectivity index (χ1) is 13.5. The predicted molar refractivity (Wildman–Crippen MR) is 107 cm³/mol. The second-order valence-corrected chi connectivity index (χ2v) is 6.09. The van der Waals surface area contributed by atoms with Crippen molar-refractivity contribution in [2.75, 3.05) is 16.0 Å². The zero-order chi connectivity index (χ0) is 19.9. The average Bonchev–Trinajstić information content (AvgIpc) is 2.67. The van der Waals surface area contributed by atoms with Crippen LogP contribution in [0.25, 0.3) is 0 Å². The van der Waals surface area contributed by atoms with Crippen molar-refractivity contribution in [2.24, 2.45) is 0 Å². The van der Waals surface area contributed by atoms with E-state index in [-0.39, 0.29) is 24.0 Å². The van der Waals surface area contributed by atoms with Crippen molar-refractivity contribution in [3.05, 3.63) is 83.9 Å². The zero-order valence-electron chi connectivity index (χ0n) is 15.2. The number of nitrogens with zero attached hydrogens (tertiary/aromatic N) is 1. The molecule has 3 rings (SSSR count). The third-order valence-electron chi connectivity index (χ3n) is 3.87. The van der Waals surface area contributed by atoms with Gasteiger partial charge in [-0.3, -0.25) is 14.6 Å². The van der Waals surface area contributed by atoms with Crippen LogP contribution in [0.5, 0.6) is 0 Å². The Bertz CT molecular complexity index is 1010. The van der Waals surface area contributed by atoms with Gasteiger partial charge in [-0.2, -0.15) is 0 Å². The Morgan fingerprint density at radius 1 is 0.929 bits per heavy atom. The summed E-state index contributed by atoms with van der Waals surface area (Å²) in [6.07, 6.45) is 1.51. The summed E-state index contributed by atoms with van der Waals surface area (Å²) in [4.78, 5) is 27.7. The van der Waals surface area contributed by atoms with E-state index in [0.717, 1.165) is 0 Å². The van der Waals surface area contributed by atoms with Crippen molar-refractivity contribution in [3.63, 3.8) is 0 Å². The molecule has 3 aromatic rings.